The van der Waals surface area contributed by atoms with E-state index in [2.05, 4.69) is 31.7 Å². The number of pyridine rings is 1. The van der Waals surface area contributed by atoms with Gasteiger partial charge in [-0.15, -0.1) is 0 Å². The number of aliphatic hydroxyl groups excluding tert-OH is 1. The van der Waals surface area contributed by atoms with E-state index in [4.69, 9.17) is 9.72 Å². The summed E-state index contributed by atoms with van der Waals surface area (Å²) in [5, 5.41) is 20.4. The maximum atomic E-state index is 13.0. The molecule has 2 aliphatic rings. The second-order valence-corrected chi connectivity index (χ2v) is 8.67. The molecule has 0 spiro atoms. The van der Waals surface area contributed by atoms with Crippen LogP contribution in [0.5, 0.6) is 0 Å². The predicted octanol–water partition coefficient (Wildman–Crippen LogP) is 1.18. The van der Waals surface area contributed by atoms with Gasteiger partial charge in [0, 0.05) is 38.6 Å². The number of nitrogens with zero attached hydrogens (tertiary/aromatic N) is 6. The van der Waals surface area contributed by atoms with E-state index in [9.17, 15) is 9.90 Å². The lowest BCUT2D eigenvalue weighted by molar-refractivity contribution is 0.0888. The Bertz CT molecular complexity index is 1370. The van der Waals surface area contributed by atoms with E-state index in [1.165, 1.54) is 19.0 Å². The summed E-state index contributed by atoms with van der Waals surface area (Å²) in [6.07, 6.45) is 6.87. The number of imidazole rings is 1. The third-order valence-electron chi connectivity index (χ3n) is 6.58. The molecule has 176 valence electrons. The molecule has 4 aromatic heterocycles. The van der Waals surface area contributed by atoms with Crippen LogP contribution in [0.25, 0.3) is 22.7 Å². The van der Waals surface area contributed by atoms with E-state index >= 15 is 0 Å². The van der Waals surface area contributed by atoms with Gasteiger partial charge in [-0.25, -0.2) is 9.97 Å². The standard InChI is InChI=1S/C23H26N8O3/c1-24-20-10-15(17-4-5-18(29-7-2-3-8-29)22-25-6-9-30(17)22)27-21-14(11-26-31(20)21)23(33)28-16-12-34-13-19(16)32/h4-6,9-11,16,19,24,32H,2-3,7-8,12-13H2,1H3,(H,28,33). The van der Waals surface area contributed by atoms with Crippen molar-refractivity contribution in [2.75, 3.05) is 43.6 Å². The molecule has 0 radical (unpaired) electrons. The second kappa shape index (κ2) is 8.26. The number of anilines is 2. The number of amides is 1. The molecule has 11 nitrogen and oxygen atoms in total. The van der Waals surface area contributed by atoms with Crippen LogP contribution < -0.4 is 15.5 Å². The van der Waals surface area contributed by atoms with Crippen LogP contribution in [0.4, 0.5) is 11.5 Å². The molecule has 0 saturated carbocycles. The molecule has 0 bridgehead atoms. The maximum absolute atomic E-state index is 13.0. The minimum absolute atomic E-state index is 0.209. The van der Waals surface area contributed by atoms with E-state index < -0.39 is 12.1 Å². The number of aliphatic hydroxyl groups is 1. The SMILES string of the molecule is CNc1cc(-c2ccc(N3CCCC3)c3nccn23)nc2c(C(=O)NC3COCC3O)cnn12. The van der Waals surface area contributed by atoms with E-state index in [1.54, 1.807) is 17.8 Å². The van der Waals surface area contributed by atoms with Crippen molar-refractivity contribution in [3.63, 3.8) is 0 Å². The lowest BCUT2D eigenvalue weighted by Gasteiger charge is -2.19. The topological polar surface area (TPSA) is 121 Å². The van der Waals surface area contributed by atoms with Crippen LogP contribution in [0.1, 0.15) is 23.2 Å². The number of rotatable bonds is 5. The second-order valence-electron chi connectivity index (χ2n) is 8.67. The molecule has 34 heavy (non-hydrogen) atoms. The first-order valence-electron chi connectivity index (χ1n) is 11.5. The van der Waals surface area contributed by atoms with Crippen LogP contribution in [0.2, 0.25) is 0 Å². The predicted molar refractivity (Wildman–Crippen MR) is 126 cm³/mol. The Morgan fingerprint density at radius 1 is 1.21 bits per heavy atom. The molecule has 1 amide bonds. The summed E-state index contributed by atoms with van der Waals surface area (Å²) in [7, 11) is 1.80. The van der Waals surface area contributed by atoms with Gasteiger partial charge in [0.25, 0.3) is 5.91 Å². The first-order valence-corrected chi connectivity index (χ1v) is 11.5. The highest BCUT2D eigenvalue weighted by Gasteiger charge is 2.29. The van der Waals surface area contributed by atoms with Crippen molar-refractivity contribution in [2.24, 2.45) is 0 Å². The highest BCUT2D eigenvalue weighted by atomic mass is 16.5. The van der Waals surface area contributed by atoms with Gasteiger partial charge in [0.1, 0.15) is 11.4 Å². The lowest BCUT2D eigenvalue weighted by atomic mass is 10.2. The van der Waals surface area contributed by atoms with Crippen molar-refractivity contribution in [1.82, 2.24) is 29.3 Å². The van der Waals surface area contributed by atoms with Crippen molar-refractivity contribution >= 4 is 28.7 Å². The van der Waals surface area contributed by atoms with Crippen molar-refractivity contribution in [1.29, 1.82) is 0 Å². The molecule has 2 unspecified atom stereocenters. The lowest BCUT2D eigenvalue weighted by Crippen LogP contribution is -2.42. The van der Waals surface area contributed by atoms with Crippen molar-refractivity contribution in [2.45, 2.75) is 25.0 Å². The molecule has 3 N–H and O–H groups in total. The maximum Gasteiger partial charge on any atom is 0.257 e. The number of hydrogen-bond donors (Lipinski definition) is 3. The fourth-order valence-corrected chi connectivity index (χ4v) is 4.77. The van der Waals surface area contributed by atoms with E-state index in [0.29, 0.717) is 22.7 Å². The summed E-state index contributed by atoms with van der Waals surface area (Å²) in [5.74, 6) is 0.341. The van der Waals surface area contributed by atoms with E-state index in [-0.39, 0.29) is 19.1 Å². The summed E-state index contributed by atoms with van der Waals surface area (Å²) >= 11 is 0. The van der Waals surface area contributed by atoms with Crippen molar-refractivity contribution in [3.05, 3.63) is 42.4 Å². The largest absolute Gasteiger partial charge is 0.388 e. The van der Waals surface area contributed by atoms with Gasteiger partial charge < -0.3 is 25.4 Å². The van der Waals surface area contributed by atoms with Crippen molar-refractivity contribution in [3.8, 4) is 11.4 Å². The van der Waals surface area contributed by atoms with E-state index in [0.717, 1.165) is 30.1 Å². The molecule has 4 aromatic rings. The fourth-order valence-electron chi connectivity index (χ4n) is 4.77. The van der Waals surface area contributed by atoms with Crippen molar-refractivity contribution < 1.29 is 14.6 Å². The minimum Gasteiger partial charge on any atom is -0.388 e. The molecule has 2 aliphatic heterocycles. The summed E-state index contributed by atoms with van der Waals surface area (Å²) < 4.78 is 8.88. The van der Waals surface area contributed by atoms with Crippen LogP contribution in [-0.2, 0) is 4.74 Å². The number of nitrogens with one attached hydrogen (secondary N) is 2. The molecule has 0 aliphatic carbocycles. The number of carbonyl (C=O) groups is 1. The Balaban J connectivity index is 1.43. The molecule has 6 heterocycles. The minimum atomic E-state index is -0.731. The van der Waals surface area contributed by atoms with Gasteiger partial charge in [-0.1, -0.05) is 0 Å². The Hall–Kier alpha value is -3.70. The third kappa shape index (κ3) is 3.35. The zero-order valence-electron chi connectivity index (χ0n) is 18.8. The summed E-state index contributed by atoms with van der Waals surface area (Å²) in [5.41, 5.74) is 4.29. The molecule has 2 fully saturated rings. The monoisotopic (exact) mass is 462 g/mol. The Labute approximate surface area is 195 Å². The van der Waals surface area contributed by atoms with Crippen LogP contribution >= 0.6 is 0 Å². The number of hydrogen-bond acceptors (Lipinski definition) is 8. The first-order chi connectivity index (χ1) is 16.6. The van der Waals surface area contributed by atoms with Gasteiger partial charge in [-0.3, -0.25) is 9.20 Å². The van der Waals surface area contributed by atoms with Gasteiger partial charge >= 0.3 is 0 Å². The molecule has 2 saturated heterocycles. The Morgan fingerprint density at radius 3 is 2.82 bits per heavy atom. The highest BCUT2D eigenvalue weighted by Crippen LogP contribution is 2.30. The summed E-state index contributed by atoms with van der Waals surface area (Å²) in [6, 6.07) is 5.58. The normalized spacial score (nSPS) is 20.5. The number of ether oxygens (including phenoxy) is 1. The van der Waals surface area contributed by atoms with Gasteiger partial charge in [0.15, 0.2) is 11.3 Å². The Morgan fingerprint density at radius 2 is 2.06 bits per heavy atom. The highest BCUT2D eigenvalue weighted by molar-refractivity contribution is 6.00. The number of carbonyl (C=O) groups excluding carboxylic acids is 1. The summed E-state index contributed by atoms with van der Waals surface area (Å²) in [6.45, 7) is 2.55. The molecular formula is C23H26N8O3. The smallest absolute Gasteiger partial charge is 0.257 e. The molecule has 0 aromatic carbocycles. The van der Waals surface area contributed by atoms with Crippen LogP contribution in [0.3, 0.4) is 0 Å². The van der Waals surface area contributed by atoms with Crippen LogP contribution in [0.15, 0.2) is 36.8 Å². The molecule has 11 heteroatoms. The fraction of sp³-hybridized carbons (Fsp3) is 0.391. The summed E-state index contributed by atoms with van der Waals surface area (Å²) in [4.78, 5) is 24.8. The van der Waals surface area contributed by atoms with Crippen LogP contribution in [-0.4, -0.2) is 80.5 Å². The number of aromatic nitrogens is 5. The van der Waals surface area contributed by atoms with E-state index in [1.807, 2.05) is 22.7 Å². The average Bonchev–Trinajstić information content (AvgIpc) is 3.65. The zero-order chi connectivity index (χ0) is 23.2. The van der Waals surface area contributed by atoms with Gasteiger partial charge in [0.2, 0.25) is 0 Å². The Kier molecular flexibility index (Phi) is 5.07. The first kappa shape index (κ1) is 20.9. The molecular weight excluding hydrogens is 436 g/mol. The zero-order valence-corrected chi connectivity index (χ0v) is 18.8. The molecule has 6 rings (SSSR count). The van der Waals surface area contributed by atoms with Crippen LogP contribution in [0, 0.1) is 0 Å². The van der Waals surface area contributed by atoms with Gasteiger partial charge in [-0.2, -0.15) is 9.61 Å². The molecule has 2 atom stereocenters. The quantitative estimate of drug-likeness (QED) is 0.404. The van der Waals surface area contributed by atoms with Gasteiger partial charge in [0.05, 0.1) is 48.6 Å². The third-order valence-corrected chi connectivity index (χ3v) is 6.58. The average molecular weight is 463 g/mol. The number of fused-ring (bicyclic) bond motifs is 2. The van der Waals surface area contributed by atoms with Gasteiger partial charge in [-0.05, 0) is 25.0 Å².